The van der Waals surface area contributed by atoms with Crippen molar-refractivity contribution < 1.29 is 47.7 Å². The summed E-state index contributed by atoms with van der Waals surface area (Å²) < 4.78 is 28.1. The van der Waals surface area contributed by atoms with Crippen molar-refractivity contribution in [2.45, 2.75) is 45.7 Å². The monoisotopic (exact) mass is 1150 g/mol. The van der Waals surface area contributed by atoms with E-state index in [2.05, 4.69) is 0 Å². The van der Waals surface area contributed by atoms with E-state index in [0.717, 1.165) is 34.9 Å². The van der Waals surface area contributed by atoms with Crippen LogP contribution in [0.5, 0.6) is 0 Å². The summed E-state index contributed by atoms with van der Waals surface area (Å²) in [4.78, 5) is 104. The Bertz CT molecular complexity index is 3640. The Morgan fingerprint density at radius 3 is 1.36 bits per heavy atom. The molecule has 7 aromatic rings. The summed E-state index contributed by atoms with van der Waals surface area (Å²) in [6.45, 7) is 2.95. The van der Waals surface area contributed by atoms with Crippen molar-refractivity contribution in [1.29, 1.82) is 0 Å². The highest BCUT2D eigenvalue weighted by Crippen LogP contribution is 2.67. The Kier molecular flexibility index (Phi) is 14.5. The molecule has 2 saturated heterocycles. The summed E-state index contributed by atoms with van der Waals surface area (Å²) in [5.74, 6) is -5.35. The Morgan fingerprint density at radius 2 is 0.948 bits per heavy atom. The lowest BCUT2D eigenvalue weighted by molar-refractivity contribution is -0.167. The Balaban J connectivity index is 1.18. The predicted molar refractivity (Wildman–Crippen MR) is 309 cm³/mol. The van der Waals surface area contributed by atoms with Crippen LogP contribution in [0.15, 0.2) is 155 Å². The summed E-state index contributed by atoms with van der Waals surface area (Å²) in [5.41, 5.74) is -3.41. The molecule has 0 spiro atoms. The summed E-state index contributed by atoms with van der Waals surface area (Å²) in [6, 6.07) is 37.3. The molecule has 4 aromatic carbocycles. The van der Waals surface area contributed by atoms with Gasteiger partial charge in [-0.1, -0.05) is 146 Å². The fraction of sp³-hybridized carbons (Fsp3) is 0.179. The van der Waals surface area contributed by atoms with Gasteiger partial charge in [0.25, 0.3) is 11.8 Å². The van der Waals surface area contributed by atoms with Crippen molar-refractivity contribution in [1.82, 2.24) is 9.80 Å². The third-order valence-corrected chi connectivity index (χ3v) is 19.6. The first-order valence-corrected chi connectivity index (χ1v) is 28.8. The van der Waals surface area contributed by atoms with Gasteiger partial charge >= 0.3 is 23.9 Å². The van der Waals surface area contributed by atoms with Gasteiger partial charge in [-0.2, -0.15) is 0 Å². The van der Waals surface area contributed by atoms with Gasteiger partial charge in [0.15, 0.2) is 10.1 Å². The minimum absolute atomic E-state index is 0.119. The van der Waals surface area contributed by atoms with E-state index in [-0.39, 0.29) is 80.6 Å². The number of ether oxygens (including phenoxy) is 4. The van der Waals surface area contributed by atoms with Crippen LogP contribution in [0.2, 0.25) is 0 Å². The van der Waals surface area contributed by atoms with Crippen LogP contribution in [0.3, 0.4) is 0 Å². The number of fused-ring (bicyclic) bond motifs is 6. The number of aliphatic imine (C=N–C) groups is 2. The van der Waals surface area contributed by atoms with Crippen LogP contribution in [0.4, 0.5) is 5.00 Å². The fourth-order valence-corrected chi connectivity index (χ4v) is 16.4. The highest BCUT2D eigenvalue weighted by atomic mass is 32.2. The van der Waals surface area contributed by atoms with Crippen LogP contribution < -0.4 is 0 Å². The molecule has 0 saturated carbocycles. The molecule has 0 radical (unpaired) electrons. The molecular weight excluding hydrogens is 1110 g/mol. The van der Waals surface area contributed by atoms with E-state index < -0.39 is 40.6 Å². The molecule has 2 amide bonds. The maximum absolute atomic E-state index is 16.0. The Labute approximate surface area is 471 Å². The van der Waals surface area contributed by atoms with E-state index in [1.54, 1.807) is 116 Å². The van der Waals surface area contributed by atoms with Gasteiger partial charge in [0.1, 0.15) is 40.1 Å². The number of allylic oxidation sites excluding steroid dienone is 1. The number of hydrogen-bond acceptors (Lipinski definition) is 19. The van der Waals surface area contributed by atoms with Gasteiger partial charge < -0.3 is 18.9 Å². The lowest BCUT2D eigenvalue weighted by Crippen LogP contribution is -2.46. The minimum atomic E-state index is -2.72. The molecular formula is C56H40N4O10S7. The molecule has 14 nitrogen and oxygen atoms in total. The Hall–Kier alpha value is -6.98. The van der Waals surface area contributed by atoms with Crippen molar-refractivity contribution in [3.05, 3.63) is 177 Å². The molecule has 3 aromatic heterocycles. The van der Waals surface area contributed by atoms with Crippen molar-refractivity contribution in [2.24, 2.45) is 15.4 Å². The fourth-order valence-electron chi connectivity index (χ4n) is 9.41. The molecule has 2 aliphatic carbocycles. The van der Waals surface area contributed by atoms with Crippen LogP contribution in [0.1, 0.15) is 46.5 Å². The average Bonchev–Trinajstić information content (AvgIpc) is 4.44. The van der Waals surface area contributed by atoms with Crippen molar-refractivity contribution in [2.75, 3.05) is 13.1 Å². The average molecular weight is 1150 g/mol. The molecule has 5 heterocycles. The number of amides is 2. The molecule has 4 aliphatic rings. The molecule has 0 unspecified atom stereocenters. The van der Waals surface area contributed by atoms with Gasteiger partial charge in [0, 0.05) is 33.8 Å². The largest absolute Gasteiger partial charge is 0.459 e. The third kappa shape index (κ3) is 9.06. The number of benzene rings is 4. The molecule has 0 bridgehead atoms. The first kappa shape index (κ1) is 52.1. The van der Waals surface area contributed by atoms with Gasteiger partial charge in [0.05, 0.1) is 19.8 Å². The van der Waals surface area contributed by atoms with Gasteiger partial charge in [0.2, 0.25) is 10.8 Å². The molecule has 386 valence electrons. The standard InChI is InChI=1S/C56H40N4O10S7/c1-3-59-47(61)45(76-53(59)71)57-37-25-35-39(56(37,51(65)69-29-33-21-13-7-14-22-33)52(66)70-30-34-23-15-8-16-24-34)42-40(43-44(75-42)41-36(73-43)26-38(74-41)58-46-48(62)60(4-2)54(72)77-46)55(35,49(63)67-27-31-17-9-5-10-18-31)50(64)68-28-32-19-11-6-12-20-32/h5-26H,3-4,27-30H2,1-2H3/b57-45-,58-46-. The third-order valence-electron chi connectivity index (χ3n) is 13.1. The number of carbonyl (C=O) groups is 6. The molecule has 11 rings (SSSR count). The summed E-state index contributed by atoms with van der Waals surface area (Å²) in [6.07, 6.45) is 1.33. The SMILES string of the molecule is CCN1C(=O)/C(=N/C2=CC3=C(c4sc5c(sc6cc(/N=C7\SC(=S)N(CC)C7=O)sc65)c4C3(C(=O)OCc3ccccc3)C(=O)OCc3ccccc3)C2(C(=O)OCc2ccccc2)C(=O)OCc2ccccc2)SC1=S. The second-order valence-electron chi connectivity index (χ2n) is 17.6. The molecule has 0 atom stereocenters. The quantitative estimate of drug-likeness (QED) is 0.0387. The smallest absolute Gasteiger partial charge is 0.334 e. The van der Waals surface area contributed by atoms with Gasteiger partial charge in [-0.3, -0.25) is 38.6 Å². The number of hydrogen-bond donors (Lipinski definition) is 0. The number of nitrogens with zero attached hydrogens (tertiary/aromatic N) is 4. The maximum atomic E-state index is 16.0. The highest BCUT2D eigenvalue weighted by molar-refractivity contribution is 8.35. The lowest BCUT2D eigenvalue weighted by atomic mass is 9.77. The van der Waals surface area contributed by atoms with Crippen LogP contribution in [-0.2, 0) is 79.6 Å². The van der Waals surface area contributed by atoms with E-state index >= 15 is 19.2 Å². The number of carbonyl (C=O) groups excluding carboxylic acids is 6. The van der Waals surface area contributed by atoms with Gasteiger partial charge in [-0.15, -0.1) is 34.0 Å². The number of esters is 4. The van der Waals surface area contributed by atoms with Crippen molar-refractivity contribution in [3.63, 3.8) is 0 Å². The number of thioether (sulfide) groups is 2. The second kappa shape index (κ2) is 21.4. The van der Waals surface area contributed by atoms with Crippen LogP contribution in [-0.4, -0.2) is 77.3 Å². The first-order valence-electron chi connectivity index (χ1n) is 23.9. The van der Waals surface area contributed by atoms with Gasteiger partial charge in [-0.05, 0) is 77.3 Å². The van der Waals surface area contributed by atoms with Crippen LogP contribution in [0.25, 0.3) is 24.4 Å². The molecule has 0 N–H and O–H groups in total. The Morgan fingerprint density at radius 1 is 0.532 bits per heavy atom. The zero-order valence-corrected chi connectivity index (χ0v) is 46.4. The summed E-state index contributed by atoms with van der Waals surface area (Å²) >= 11 is 16.7. The lowest BCUT2D eigenvalue weighted by Gasteiger charge is -2.29. The number of thiocarbonyl (C=S) groups is 2. The summed E-state index contributed by atoms with van der Waals surface area (Å²) in [5, 5.41) is 0.538. The maximum Gasteiger partial charge on any atom is 0.334 e. The molecule has 77 heavy (non-hydrogen) atoms. The summed E-state index contributed by atoms with van der Waals surface area (Å²) in [7, 11) is 0. The zero-order chi connectivity index (χ0) is 53.6. The highest BCUT2D eigenvalue weighted by Gasteiger charge is 2.71. The second-order valence-corrected chi connectivity index (χ2v) is 23.9. The van der Waals surface area contributed by atoms with Crippen molar-refractivity contribution >= 4 is 166 Å². The predicted octanol–water partition coefficient (Wildman–Crippen LogP) is 11.2. The topological polar surface area (TPSA) is 171 Å². The van der Waals surface area contributed by atoms with Crippen LogP contribution in [0, 0.1) is 5.41 Å². The molecule has 21 heteroatoms. The van der Waals surface area contributed by atoms with E-state index in [9.17, 15) is 9.59 Å². The zero-order valence-electron chi connectivity index (χ0n) is 40.7. The number of thiophene rings is 3. The molecule has 2 aliphatic heterocycles. The van der Waals surface area contributed by atoms with E-state index in [1.807, 2.05) is 25.1 Å². The van der Waals surface area contributed by atoms with Gasteiger partial charge in [-0.25, -0.2) is 9.98 Å². The normalized spacial score (nSPS) is 17.5. The van der Waals surface area contributed by atoms with E-state index in [1.165, 1.54) is 38.5 Å². The van der Waals surface area contributed by atoms with E-state index in [0.29, 0.717) is 56.9 Å². The van der Waals surface area contributed by atoms with E-state index in [4.69, 9.17) is 53.4 Å². The molecule has 2 fully saturated rings. The van der Waals surface area contributed by atoms with Crippen LogP contribution >= 0.6 is 82.0 Å². The van der Waals surface area contributed by atoms with Crippen molar-refractivity contribution in [3.8, 4) is 0 Å². The number of rotatable bonds is 16. The first-order chi connectivity index (χ1) is 37.4. The minimum Gasteiger partial charge on any atom is -0.459 e.